The van der Waals surface area contributed by atoms with Crippen molar-refractivity contribution < 1.29 is 0 Å². The molecule has 9 heavy (non-hydrogen) atoms. The van der Waals surface area contributed by atoms with Gasteiger partial charge in [-0.15, -0.1) is 0 Å². The first kappa shape index (κ1) is 8.28. The van der Waals surface area contributed by atoms with Crippen LogP contribution in [0.2, 0.25) is 0 Å². The third-order valence-electron chi connectivity index (χ3n) is 1.45. The molecule has 0 aromatic carbocycles. The molecule has 52 valence electrons. The Hall–Kier alpha value is -0.720. The van der Waals surface area contributed by atoms with Crippen LogP contribution in [0, 0.1) is 5.92 Å². The van der Waals surface area contributed by atoms with E-state index in [1.807, 2.05) is 6.92 Å². The molecule has 0 spiro atoms. The highest BCUT2D eigenvalue weighted by atomic mass is 14.6. The van der Waals surface area contributed by atoms with Gasteiger partial charge in [0.15, 0.2) is 0 Å². The maximum absolute atomic E-state index is 5.49. The highest BCUT2D eigenvalue weighted by Crippen LogP contribution is 2.16. The zero-order valence-electron chi connectivity index (χ0n) is 6.28. The maximum Gasteiger partial charge on any atom is 0.0180 e. The van der Waals surface area contributed by atoms with E-state index in [0.29, 0.717) is 5.92 Å². The lowest BCUT2D eigenvalue weighted by Gasteiger charge is -2.12. The first-order valence-corrected chi connectivity index (χ1v) is 3.19. The van der Waals surface area contributed by atoms with E-state index in [4.69, 9.17) is 5.73 Å². The van der Waals surface area contributed by atoms with Crippen LogP contribution in [0.15, 0.2) is 24.4 Å². The van der Waals surface area contributed by atoms with Crippen LogP contribution in [-0.2, 0) is 0 Å². The Labute approximate surface area is 57.3 Å². The van der Waals surface area contributed by atoms with E-state index in [-0.39, 0.29) is 0 Å². The summed E-state index contributed by atoms with van der Waals surface area (Å²) in [6.07, 6.45) is 1.00. The first-order valence-electron chi connectivity index (χ1n) is 3.19. The molecule has 0 aliphatic rings. The van der Waals surface area contributed by atoms with Crippen LogP contribution in [0.5, 0.6) is 0 Å². The molecule has 0 aromatic rings. The molecule has 1 nitrogen and oxygen atoms in total. The number of hydrogen-bond donors (Lipinski definition) is 1. The van der Waals surface area contributed by atoms with Gasteiger partial charge in [-0.3, -0.25) is 0 Å². The van der Waals surface area contributed by atoms with E-state index in [1.165, 1.54) is 0 Å². The van der Waals surface area contributed by atoms with Crippen molar-refractivity contribution >= 4 is 0 Å². The fourth-order valence-corrected chi connectivity index (χ4v) is 0.927. The topological polar surface area (TPSA) is 26.0 Å². The first-order chi connectivity index (χ1) is 4.09. The van der Waals surface area contributed by atoms with E-state index in [1.54, 1.807) is 0 Å². The summed E-state index contributed by atoms with van der Waals surface area (Å²) in [5, 5.41) is 0. The number of nitrogens with two attached hydrogens (primary N) is 1. The van der Waals surface area contributed by atoms with Gasteiger partial charge in [0.1, 0.15) is 0 Å². The highest BCUT2D eigenvalue weighted by molar-refractivity contribution is 5.10. The summed E-state index contributed by atoms with van der Waals surface area (Å²) in [6.45, 7) is 11.5. The Morgan fingerprint density at radius 2 is 2.00 bits per heavy atom. The van der Waals surface area contributed by atoms with E-state index in [2.05, 4.69) is 20.1 Å². The molecule has 0 aromatic heterocycles. The van der Waals surface area contributed by atoms with Gasteiger partial charge in [0, 0.05) is 11.6 Å². The van der Waals surface area contributed by atoms with Gasteiger partial charge >= 0.3 is 0 Å². The van der Waals surface area contributed by atoms with Gasteiger partial charge in [-0.05, 0) is 13.3 Å². The van der Waals surface area contributed by atoms with Gasteiger partial charge in [-0.2, -0.15) is 0 Å². The standard InChI is InChI=1S/C8H15N/c1-5-8(6(2)3)7(4)9/h8H,2,4-5,9H2,1,3H3/t8-/m1/s1. The summed E-state index contributed by atoms with van der Waals surface area (Å²) in [5.74, 6) is 0.310. The van der Waals surface area contributed by atoms with E-state index >= 15 is 0 Å². The average molecular weight is 125 g/mol. The molecular formula is C8H15N. The molecule has 0 saturated carbocycles. The van der Waals surface area contributed by atoms with Gasteiger partial charge in [-0.1, -0.05) is 25.7 Å². The van der Waals surface area contributed by atoms with Crippen molar-refractivity contribution in [2.75, 3.05) is 0 Å². The molecule has 0 rings (SSSR count). The number of allylic oxidation sites excluding steroid dienone is 1. The monoisotopic (exact) mass is 125 g/mol. The molecule has 0 fully saturated rings. The molecule has 1 atom stereocenters. The molecular weight excluding hydrogens is 110 g/mol. The minimum Gasteiger partial charge on any atom is -0.402 e. The van der Waals surface area contributed by atoms with Gasteiger partial charge < -0.3 is 5.73 Å². The number of rotatable bonds is 3. The van der Waals surface area contributed by atoms with E-state index < -0.39 is 0 Å². The molecule has 0 unspecified atom stereocenters. The SMILES string of the molecule is C=C(C)[C@@H](CC)C(=C)N. The highest BCUT2D eigenvalue weighted by Gasteiger charge is 2.06. The van der Waals surface area contributed by atoms with Gasteiger partial charge in [0.05, 0.1) is 0 Å². The van der Waals surface area contributed by atoms with Crippen molar-refractivity contribution in [1.82, 2.24) is 0 Å². The van der Waals surface area contributed by atoms with Crippen LogP contribution in [-0.4, -0.2) is 0 Å². The molecule has 0 radical (unpaired) electrons. The van der Waals surface area contributed by atoms with Crippen LogP contribution in [0.25, 0.3) is 0 Å². The lowest BCUT2D eigenvalue weighted by atomic mass is 9.97. The summed E-state index contributed by atoms with van der Waals surface area (Å²) >= 11 is 0. The minimum atomic E-state index is 0.310. The summed E-state index contributed by atoms with van der Waals surface area (Å²) in [4.78, 5) is 0. The Morgan fingerprint density at radius 3 is 2.00 bits per heavy atom. The predicted molar refractivity (Wildman–Crippen MR) is 41.9 cm³/mol. The molecule has 0 aliphatic carbocycles. The molecule has 1 heteroatoms. The van der Waals surface area contributed by atoms with Crippen molar-refractivity contribution in [2.45, 2.75) is 20.3 Å². The van der Waals surface area contributed by atoms with Crippen LogP contribution < -0.4 is 5.73 Å². The summed E-state index contributed by atoms with van der Waals surface area (Å²) < 4.78 is 0. The summed E-state index contributed by atoms with van der Waals surface area (Å²) in [5.41, 5.74) is 7.32. The maximum atomic E-state index is 5.49. The minimum absolute atomic E-state index is 0.310. The predicted octanol–water partition coefficient (Wildman–Crippen LogP) is 2.06. The Balaban J connectivity index is 3.99. The van der Waals surface area contributed by atoms with Crippen molar-refractivity contribution in [3.8, 4) is 0 Å². The van der Waals surface area contributed by atoms with Crippen LogP contribution >= 0.6 is 0 Å². The fraction of sp³-hybridized carbons (Fsp3) is 0.500. The normalized spacial score (nSPS) is 12.7. The molecule has 0 heterocycles. The Bertz CT molecular complexity index is 111. The summed E-state index contributed by atoms with van der Waals surface area (Å²) in [6, 6.07) is 0. The average Bonchev–Trinajstić information content (AvgIpc) is 1.64. The third kappa shape index (κ3) is 2.36. The Morgan fingerprint density at radius 1 is 1.56 bits per heavy atom. The van der Waals surface area contributed by atoms with Gasteiger partial charge in [0.25, 0.3) is 0 Å². The van der Waals surface area contributed by atoms with Crippen LogP contribution in [0.1, 0.15) is 20.3 Å². The van der Waals surface area contributed by atoms with Crippen molar-refractivity contribution in [2.24, 2.45) is 11.7 Å². The fourth-order valence-electron chi connectivity index (χ4n) is 0.927. The second-order valence-corrected chi connectivity index (χ2v) is 2.38. The third-order valence-corrected chi connectivity index (χ3v) is 1.45. The van der Waals surface area contributed by atoms with Crippen molar-refractivity contribution in [3.63, 3.8) is 0 Å². The largest absolute Gasteiger partial charge is 0.402 e. The molecule has 0 saturated heterocycles. The Kier molecular flexibility index (Phi) is 3.07. The van der Waals surface area contributed by atoms with Crippen LogP contribution in [0.3, 0.4) is 0 Å². The molecule has 0 aliphatic heterocycles. The second kappa shape index (κ2) is 3.33. The van der Waals surface area contributed by atoms with Crippen LogP contribution in [0.4, 0.5) is 0 Å². The zero-order chi connectivity index (χ0) is 7.44. The summed E-state index contributed by atoms with van der Waals surface area (Å²) in [7, 11) is 0. The van der Waals surface area contributed by atoms with E-state index in [9.17, 15) is 0 Å². The molecule has 0 amide bonds. The molecule has 2 N–H and O–H groups in total. The van der Waals surface area contributed by atoms with Crippen molar-refractivity contribution in [1.29, 1.82) is 0 Å². The number of hydrogen-bond acceptors (Lipinski definition) is 1. The molecule has 0 bridgehead atoms. The van der Waals surface area contributed by atoms with Crippen molar-refractivity contribution in [3.05, 3.63) is 24.4 Å². The lowest BCUT2D eigenvalue weighted by Crippen LogP contribution is -2.10. The van der Waals surface area contributed by atoms with Gasteiger partial charge in [0.2, 0.25) is 0 Å². The lowest BCUT2D eigenvalue weighted by molar-refractivity contribution is 0.681. The smallest absolute Gasteiger partial charge is 0.0180 e. The zero-order valence-corrected chi connectivity index (χ0v) is 6.28. The van der Waals surface area contributed by atoms with E-state index in [0.717, 1.165) is 17.7 Å². The van der Waals surface area contributed by atoms with Gasteiger partial charge in [-0.25, -0.2) is 0 Å². The quantitative estimate of drug-likeness (QED) is 0.574. The second-order valence-electron chi connectivity index (χ2n) is 2.38.